The maximum atomic E-state index is 13.3. The Kier molecular flexibility index (Phi) is 3.14. The van der Waals surface area contributed by atoms with Crippen LogP contribution in [0.25, 0.3) is 27.6 Å². The molecule has 0 unspecified atom stereocenters. The smallest absolute Gasteiger partial charge is 0.210 e. The monoisotopic (exact) mass is 358 g/mol. The van der Waals surface area contributed by atoms with Crippen molar-refractivity contribution in [3.05, 3.63) is 84.9 Å². The lowest BCUT2D eigenvalue weighted by molar-refractivity contribution is 0.596. The molecule has 0 N–H and O–H groups in total. The second-order valence-electron chi connectivity index (χ2n) is 6.14. The van der Waals surface area contributed by atoms with E-state index >= 15 is 0 Å². The van der Waals surface area contributed by atoms with Gasteiger partial charge in [-0.2, -0.15) is 0 Å². The van der Waals surface area contributed by atoms with E-state index < -0.39 is 9.84 Å². The van der Waals surface area contributed by atoms with Gasteiger partial charge in [-0.25, -0.2) is 13.4 Å². The van der Waals surface area contributed by atoms with Gasteiger partial charge < -0.3 is 0 Å². The zero-order valence-electron chi connectivity index (χ0n) is 13.7. The second kappa shape index (κ2) is 5.41. The molecule has 5 heteroatoms. The number of hydrogen-bond acceptors (Lipinski definition) is 3. The first-order valence-electron chi connectivity index (χ1n) is 8.25. The van der Waals surface area contributed by atoms with Crippen LogP contribution in [0.15, 0.2) is 94.7 Å². The molecule has 4 nitrogen and oxygen atoms in total. The molecule has 0 aliphatic heterocycles. The Labute approximate surface area is 150 Å². The molecule has 0 aliphatic rings. The van der Waals surface area contributed by atoms with Gasteiger partial charge >= 0.3 is 0 Å². The van der Waals surface area contributed by atoms with Crippen LogP contribution in [-0.4, -0.2) is 17.8 Å². The summed E-state index contributed by atoms with van der Waals surface area (Å²) < 4.78 is 28.6. The molecule has 0 aliphatic carbocycles. The highest BCUT2D eigenvalue weighted by Crippen LogP contribution is 2.31. The molecule has 26 heavy (non-hydrogen) atoms. The quantitative estimate of drug-likeness (QED) is 0.468. The normalized spacial score (nSPS) is 12.2. The minimum absolute atomic E-state index is 0.221. The molecular formula is C21H14N2O2S. The zero-order chi connectivity index (χ0) is 17.7. The van der Waals surface area contributed by atoms with Crippen molar-refractivity contribution in [3.63, 3.8) is 0 Å². The molecule has 0 bridgehead atoms. The summed E-state index contributed by atoms with van der Waals surface area (Å²) in [7, 11) is -3.69. The van der Waals surface area contributed by atoms with E-state index in [0.29, 0.717) is 5.65 Å². The highest BCUT2D eigenvalue weighted by Gasteiger charge is 2.24. The van der Waals surface area contributed by atoms with Gasteiger partial charge in [0.05, 0.1) is 21.4 Å². The molecule has 0 saturated heterocycles. The van der Waals surface area contributed by atoms with E-state index in [9.17, 15) is 8.42 Å². The number of hydrogen-bond donors (Lipinski definition) is 0. The molecule has 5 aromatic rings. The molecule has 0 atom stereocenters. The summed E-state index contributed by atoms with van der Waals surface area (Å²) in [4.78, 5) is 5.13. The fourth-order valence-corrected chi connectivity index (χ4v) is 4.81. The van der Waals surface area contributed by atoms with Crippen molar-refractivity contribution in [2.45, 2.75) is 9.79 Å². The van der Waals surface area contributed by atoms with Crippen molar-refractivity contribution in [1.82, 2.24) is 9.38 Å². The van der Waals surface area contributed by atoms with Gasteiger partial charge in [-0.3, -0.25) is 4.40 Å². The zero-order valence-corrected chi connectivity index (χ0v) is 14.5. The number of sulfone groups is 1. The Morgan fingerprint density at radius 1 is 0.731 bits per heavy atom. The third-order valence-electron chi connectivity index (χ3n) is 4.59. The van der Waals surface area contributed by atoms with E-state index in [1.165, 1.54) is 0 Å². The fourth-order valence-electron chi connectivity index (χ4n) is 3.38. The van der Waals surface area contributed by atoms with Crippen molar-refractivity contribution >= 4 is 37.4 Å². The van der Waals surface area contributed by atoms with Crippen LogP contribution < -0.4 is 0 Å². The van der Waals surface area contributed by atoms with Crippen LogP contribution in [0.5, 0.6) is 0 Å². The Morgan fingerprint density at radius 2 is 1.38 bits per heavy atom. The van der Waals surface area contributed by atoms with E-state index in [0.717, 1.165) is 21.9 Å². The number of nitrogens with zero attached hydrogens (tertiary/aromatic N) is 2. The highest BCUT2D eigenvalue weighted by atomic mass is 32.2. The second-order valence-corrected chi connectivity index (χ2v) is 8.06. The molecule has 3 aromatic carbocycles. The molecule has 5 rings (SSSR count). The predicted octanol–water partition coefficient (Wildman–Crippen LogP) is 4.47. The molecule has 2 aromatic heterocycles. The Morgan fingerprint density at radius 3 is 2.19 bits per heavy atom. The number of benzene rings is 3. The number of pyridine rings is 1. The number of imidazole rings is 1. The van der Waals surface area contributed by atoms with Gasteiger partial charge in [0.1, 0.15) is 4.90 Å². The molecular weight excluding hydrogens is 344 g/mol. The van der Waals surface area contributed by atoms with Crippen molar-refractivity contribution in [3.8, 4) is 0 Å². The first kappa shape index (κ1) is 15.1. The summed E-state index contributed by atoms with van der Waals surface area (Å²) in [5, 5.41) is 0.859. The minimum atomic E-state index is -3.69. The average Bonchev–Trinajstić information content (AvgIpc) is 3.07. The lowest BCUT2D eigenvalue weighted by Crippen LogP contribution is -2.05. The minimum Gasteiger partial charge on any atom is -0.291 e. The van der Waals surface area contributed by atoms with Crippen LogP contribution in [0.4, 0.5) is 0 Å². The van der Waals surface area contributed by atoms with Crippen molar-refractivity contribution < 1.29 is 8.42 Å². The van der Waals surface area contributed by atoms with E-state index in [-0.39, 0.29) is 9.79 Å². The van der Waals surface area contributed by atoms with Gasteiger partial charge in [0.15, 0.2) is 5.65 Å². The van der Waals surface area contributed by atoms with Crippen LogP contribution >= 0.6 is 0 Å². The van der Waals surface area contributed by atoms with E-state index in [1.807, 2.05) is 52.9 Å². The molecule has 0 spiro atoms. The largest absolute Gasteiger partial charge is 0.291 e. The average molecular weight is 358 g/mol. The standard InChI is InChI=1S/C21H14N2O2S/c24-26(25,16-9-2-1-3-10-16)20-14-15-8-4-6-12-18(15)23-19-13-7-5-11-17(19)22-21(20)23/h1-14H. The van der Waals surface area contributed by atoms with Crippen LogP contribution in [0.2, 0.25) is 0 Å². The van der Waals surface area contributed by atoms with Gasteiger partial charge in [0.25, 0.3) is 0 Å². The lowest BCUT2D eigenvalue weighted by atomic mass is 10.2. The van der Waals surface area contributed by atoms with Gasteiger partial charge in [0, 0.05) is 5.39 Å². The summed E-state index contributed by atoms with van der Waals surface area (Å²) in [6, 6.07) is 25.7. The number of para-hydroxylation sites is 3. The molecule has 0 fully saturated rings. The summed E-state index contributed by atoms with van der Waals surface area (Å²) in [5.74, 6) is 0. The predicted molar refractivity (Wildman–Crippen MR) is 102 cm³/mol. The third kappa shape index (κ3) is 2.07. The summed E-state index contributed by atoms with van der Waals surface area (Å²) in [6.45, 7) is 0. The van der Waals surface area contributed by atoms with Crippen LogP contribution in [0.3, 0.4) is 0 Å². The van der Waals surface area contributed by atoms with Gasteiger partial charge in [-0.05, 0) is 36.4 Å². The molecule has 126 valence electrons. The first-order valence-corrected chi connectivity index (χ1v) is 9.74. The van der Waals surface area contributed by atoms with Gasteiger partial charge in [-0.15, -0.1) is 0 Å². The number of fused-ring (bicyclic) bond motifs is 5. The molecule has 0 saturated carbocycles. The summed E-state index contributed by atoms with van der Waals surface area (Å²) >= 11 is 0. The maximum absolute atomic E-state index is 13.3. The summed E-state index contributed by atoms with van der Waals surface area (Å²) in [6.07, 6.45) is 0. The van der Waals surface area contributed by atoms with Crippen LogP contribution in [-0.2, 0) is 9.84 Å². The Hall–Kier alpha value is -3.18. The SMILES string of the molecule is O=S(=O)(c1ccccc1)c1cc2ccccc2n2c1nc1ccccc12. The summed E-state index contributed by atoms with van der Waals surface area (Å²) in [5.41, 5.74) is 3.05. The van der Waals surface area contributed by atoms with Gasteiger partial charge in [0.2, 0.25) is 9.84 Å². The highest BCUT2D eigenvalue weighted by molar-refractivity contribution is 7.91. The van der Waals surface area contributed by atoms with E-state index in [1.54, 1.807) is 36.4 Å². The van der Waals surface area contributed by atoms with Crippen LogP contribution in [0.1, 0.15) is 0 Å². The van der Waals surface area contributed by atoms with E-state index in [2.05, 4.69) is 4.98 Å². The number of aromatic nitrogens is 2. The molecule has 0 amide bonds. The topological polar surface area (TPSA) is 51.4 Å². The third-order valence-corrected chi connectivity index (χ3v) is 6.36. The van der Waals surface area contributed by atoms with Gasteiger partial charge in [-0.1, -0.05) is 48.5 Å². The fraction of sp³-hybridized carbons (Fsp3) is 0. The van der Waals surface area contributed by atoms with Crippen molar-refractivity contribution in [2.24, 2.45) is 0 Å². The Bertz CT molecular complexity index is 1390. The Balaban J connectivity index is 2.00. The van der Waals surface area contributed by atoms with Crippen molar-refractivity contribution in [2.75, 3.05) is 0 Å². The van der Waals surface area contributed by atoms with Crippen LogP contribution in [0, 0.1) is 0 Å². The number of rotatable bonds is 2. The lowest BCUT2D eigenvalue weighted by Gasteiger charge is -2.10. The first-order chi connectivity index (χ1) is 12.7. The van der Waals surface area contributed by atoms with E-state index in [4.69, 9.17) is 0 Å². The molecule has 2 heterocycles. The maximum Gasteiger partial charge on any atom is 0.210 e. The molecule has 0 radical (unpaired) electrons. The van der Waals surface area contributed by atoms with Crippen molar-refractivity contribution in [1.29, 1.82) is 0 Å².